The van der Waals surface area contributed by atoms with Crippen molar-refractivity contribution in [3.63, 3.8) is 0 Å². The second-order valence-electron chi connectivity index (χ2n) is 5.15. The molecular formula is C10H20N2O. The number of likely N-dealkylation sites (tertiary alicyclic amines) is 1. The molecule has 0 aromatic heterocycles. The Balaban J connectivity index is 2.74. The maximum absolute atomic E-state index is 11.0. The summed E-state index contributed by atoms with van der Waals surface area (Å²) in [5, 5.41) is 0. The minimum atomic E-state index is -0.233. The van der Waals surface area contributed by atoms with Crippen LogP contribution in [-0.4, -0.2) is 28.9 Å². The van der Waals surface area contributed by atoms with E-state index in [-0.39, 0.29) is 22.9 Å². The Morgan fingerprint density at radius 3 is 2.08 bits per heavy atom. The summed E-state index contributed by atoms with van der Waals surface area (Å²) in [6, 6.07) is -0.150. The van der Waals surface area contributed by atoms with Crippen molar-refractivity contribution in [3.05, 3.63) is 0 Å². The van der Waals surface area contributed by atoms with Crippen LogP contribution in [0.15, 0.2) is 0 Å². The molecule has 3 nitrogen and oxygen atoms in total. The summed E-state index contributed by atoms with van der Waals surface area (Å²) < 4.78 is 0. The molecule has 76 valence electrons. The normalized spacial score (nSPS) is 27.8. The van der Waals surface area contributed by atoms with Gasteiger partial charge in [-0.2, -0.15) is 0 Å². The van der Waals surface area contributed by atoms with E-state index in [9.17, 15) is 4.79 Å². The predicted molar refractivity (Wildman–Crippen MR) is 53.2 cm³/mol. The standard InChI is InChI=1S/C10H20N2O/c1-7(8(11)13)12-6-9(2,3)10(12,4)5/h7H,6H2,1-5H3,(H2,11,13). The van der Waals surface area contributed by atoms with Gasteiger partial charge in [0.1, 0.15) is 0 Å². The highest BCUT2D eigenvalue weighted by Crippen LogP contribution is 2.47. The van der Waals surface area contributed by atoms with Crippen molar-refractivity contribution in [1.82, 2.24) is 4.90 Å². The highest BCUT2D eigenvalue weighted by molar-refractivity contribution is 5.79. The Labute approximate surface area is 80.3 Å². The van der Waals surface area contributed by atoms with E-state index in [4.69, 9.17) is 5.73 Å². The van der Waals surface area contributed by atoms with Gasteiger partial charge in [-0.15, -0.1) is 0 Å². The summed E-state index contributed by atoms with van der Waals surface area (Å²) in [6.45, 7) is 11.6. The van der Waals surface area contributed by atoms with Gasteiger partial charge in [0.05, 0.1) is 6.04 Å². The van der Waals surface area contributed by atoms with E-state index in [0.717, 1.165) is 6.54 Å². The Bertz CT molecular complexity index is 233. The number of rotatable bonds is 2. The number of nitrogens with zero attached hydrogens (tertiary/aromatic N) is 1. The zero-order chi connectivity index (χ0) is 10.4. The summed E-state index contributed by atoms with van der Waals surface area (Å²) in [5.74, 6) is -0.233. The van der Waals surface area contributed by atoms with Gasteiger partial charge in [-0.05, 0) is 26.2 Å². The highest BCUT2D eigenvalue weighted by Gasteiger charge is 2.54. The van der Waals surface area contributed by atoms with Gasteiger partial charge in [-0.25, -0.2) is 0 Å². The molecule has 1 unspecified atom stereocenters. The quantitative estimate of drug-likeness (QED) is 0.695. The second kappa shape index (κ2) is 2.71. The summed E-state index contributed by atoms with van der Waals surface area (Å²) in [5.41, 5.74) is 5.62. The molecule has 2 N–H and O–H groups in total. The number of amides is 1. The Morgan fingerprint density at radius 2 is 1.85 bits per heavy atom. The van der Waals surface area contributed by atoms with Crippen molar-refractivity contribution in [3.8, 4) is 0 Å². The van der Waals surface area contributed by atoms with Crippen LogP contribution in [0.5, 0.6) is 0 Å². The van der Waals surface area contributed by atoms with E-state index >= 15 is 0 Å². The van der Waals surface area contributed by atoms with E-state index in [1.54, 1.807) is 0 Å². The molecule has 1 fully saturated rings. The molecule has 1 atom stereocenters. The number of hydrogen-bond acceptors (Lipinski definition) is 2. The lowest BCUT2D eigenvalue weighted by Gasteiger charge is -2.63. The second-order valence-corrected chi connectivity index (χ2v) is 5.15. The third-order valence-electron chi connectivity index (χ3n) is 3.82. The van der Waals surface area contributed by atoms with Gasteiger partial charge < -0.3 is 5.73 Å². The van der Waals surface area contributed by atoms with E-state index in [1.165, 1.54) is 0 Å². The van der Waals surface area contributed by atoms with Crippen LogP contribution >= 0.6 is 0 Å². The molecule has 0 bridgehead atoms. The molecule has 0 aromatic carbocycles. The average Bonchev–Trinajstić information content (AvgIpc) is 1.98. The number of nitrogens with two attached hydrogens (primary N) is 1. The predicted octanol–water partition coefficient (Wildman–Crippen LogP) is 0.981. The zero-order valence-corrected chi connectivity index (χ0v) is 9.22. The van der Waals surface area contributed by atoms with Crippen molar-refractivity contribution in [2.24, 2.45) is 11.1 Å². The van der Waals surface area contributed by atoms with Crippen LogP contribution in [0.3, 0.4) is 0 Å². The molecular weight excluding hydrogens is 164 g/mol. The lowest BCUT2D eigenvalue weighted by molar-refractivity contribution is -0.155. The fourth-order valence-corrected chi connectivity index (χ4v) is 1.89. The molecule has 0 aliphatic carbocycles. The van der Waals surface area contributed by atoms with E-state index < -0.39 is 0 Å². The van der Waals surface area contributed by atoms with Crippen LogP contribution < -0.4 is 5.73 Å². The first-order valence-electron chi connectivity index (χ1n) is 4.76. The monoisotopic (exact) mass is 184 g/mol. The van der Waals surface area contributed by atoms with Crippen molar-refractivity contribution in [2.75, 3.05) is 6.54 Å². The fraction of sp³-hybridized carbons (Fsp3) is 0.900. The molecule has 1 aliphatic heterocycles. The molecule has 1 saturated heterocycles. The topological polar surface area (TPSA) is 46.3 Å². The first-order valence-corrected chi connectivity index (χ1v) is 4.76. The van der Waals surface area contributed by atoms with Crippen molar-refractivity contribution < 1.29 is 4.79 Å². The first-order chi connectivity index (χ1) is 5.70. The Hall–Kier alpha value is -0.570. The van der Waals surface area contributed by atoms with Crippen LogP contribution in [0, 0.1) is 5.41 Å². The number of carbonyl (C=O) groups excluding carboxylic acids is 1. The van der Waals surface area contributed by atoms with Crippen LogP contribution in [0.1, 0.15) is 34.6 Å². The zero-order valence-electron chi connectivity index (χ0n) is 9.22. The van der Waals surface area contributed by atoms with Crippen molar-refractivity contribution >= 4 is 5.91 Å². The fourth-order valence-electron chi connectivity index (χ4n) is 1.89. The molecule has 13 heavy (non-hydrogen) atoms. The summed E-state index contributed by atoms with van der Waals surface area (Å²) in [4.78, 5) is 13.2. The molecule has 1 amide bonds. The van der Waals surface area contributed by atoms with Gasteiger partial charge in [0, 0.05) is 12.1 Å². The molecule has 1 aliphatic rings. The highest BCUT2D eigenvalue weighted by atomic mass is 16.1. The molecule has 0 aromatic rings. The van der Waals surface area contributed by atoms with Gasteiger partial charge in [0.2, 0.25) is 5.91 Å². The van der Waals surface area contributed by atoms with E-state index in [2.05, 4.69) is 32.6 Å². The molecule has 0 spiro atoms. The molecule has 1 heterocycles. The van der Waals surface area contributed by atoms with Gasteiger partial charge in [-0.3, -0.25) is 9.69 Å². The SMILES string of the molecule is CC(C(N)=O)N1CC(C)(C)C1(C)C. The van der Waals surface area contributed by atoms with Crippen LogP contribution in [0.4, 0.5) is 0 Å². The number of primary amides is 1. The van der Waals surface area contributed by atoms with Crippen molar-refractivity contribution in [1.29, 1.82) is 0 Å². The molecule has 0 saturated carbocycles. The maximum Gasteiger partial charge on any atom is 0.234 e. The third-order valence-corrected chi connectivity index (χ3v) is 3.82. The molecule has 3 heteroatoms. The van der Waals surface area contributed by atoms with E-state index in [1.807, 2.05) is 6.92 Å². The van der Waals surface area contributed by atoms with Crippen molar-refractivity contribution in [2.45, 2.75) is 46.2 Å². The van der Waals surface area contributed by atoms with Gasteiger partial charge in [-0.1, -0.05) is 13.8 Å². The smallest absolute Gasteiger partial charge is 0.234 e. The third kappa shape index (κ3) is 1.35. The van der Waals surface area contributed by atoms with E-state index in [0.29, 0.717) is 0 Å². The molecule has 0 radical (unpaired) electrons. The summed E-state index contributed by atoms with van der Waals surface area (Å²) in [7, 11) is 0. The minimum absolute atomic E-state index is 0.0709. The largest absolute Gasteiger partial charge is 0.368 e. The summed E-state index contributed by atoms with van der Waals surface area (Å²) in [6.07, 6.45) is 0. The lowest BCUT2D eigenvalue weighted by Crippen LogP contribution is -2.72. The van der Waals surface area contributed by atoms with Crippen LogP contribution in [-0.2, 0) is 4.79 Å². The van der Waals surface area contributed by atoms with Gasteiger partial charge in [0.15, 0.2) is 0 Å². The summed E-state index contributed by atoms with van der Waals surface area (Å²) >= 11 is 0. The van der Waals surface area contributed by atoms with Crippen LogP contribution in [0.2, 0.25) is 0 Å². The Morgan fingerprint density at radius 1 is 1.38 bits per heavy atom. The van der Waals surface area contributed by atoms with Gasteiger partial charge >= 0.3 is 0 Å². The average molecular weight is 184 g/mol. The first kappa shape index (κ1) is 10.5. The number of carbonyl (C=O) groups is 1. The molecule has 1 rings (SSSR count). The number of hydrogen-bond donors (Lipinski definition) is 1. The van der Waals surface area contributed by atoms with Gasteiger partial charge in [0.25, 0.3) is 0 Å². The Kier molecular flexibility index (Phi) is 2.19. The van der Waals surface area contributed by atoms with Crippen LogP contribution in [0.25, 0.3) is 0 Å². The minimum Gasteiger partial charge on any atom is -0.368 e. The lowest BCUT2D eigenvalue weighted by atomic mass is 9.64. The maximum atomic E-state index is 11.0.